The second-order valence-corrected chi connectivity index (χ2v) is 5.97. The fourth-order valence-corrected chi connectivity index (χ4v) is 1.91. The van der Waals surface area contributed by atoms with Crippen molar-refractivity contribution in [2.75, 3.05) is 19.6 Å². The Morgan fingerprint density at radius 1 is 1.19 bits per heavy atom. The number of benzene rings is 1. The van der Waals surface area contributed by atoms with E-state index >= 15 is 0 Å². The van der Waals surface area contributed by atoms with Crippen LogP contribution < -0.4 is 10.6 Å². The van der Waals surface area contributed by atoms with Gasteiger partial charge in [0.2, 0.25) is 0 Å². The predicted molar refractivity (Wildman–Crippen MR) is 85.0 cm³/mol. The smallest absolute Gasteiger partial charge is 0.251 e. The monoisotopic (exact) mass is 287 g/mol. The average Bonchev–Trinajstić information content (AvgIpc) is 2.46. The first-order valence-electron chi connectivity index (χ1n) is 7.41. The van der Waals surface area contributed by atoms with Crippen LogP contribution in [0.5, 0.6) is 0 Å². The Balaban J connectivity index is 2.11. The lowest BCUT2D eigenvalue weighted by atomic mass is 9.90. The Morgan fingerprint density at radius 3 is 2.48 bits per heavy atom. The molecule has 0 spiro atoms. The Labute approximate surface area is 127 Å². The number of carbonyl (C=O) groups excluding carboxylic acids is 1. The Hall–Kier alpha value is -1.86. The molecule has 0 bridgehead atoms. The van der Waals surface area contributed by atoms with Crippen LogP contribution in [0.1, 0.15) is 42.6 Å². The van der Waals surface area contributed by atoms with Gasteiger partial charge in [0.15, 0.2) is 0 Å². The van der Waals surface area contributed by atoms with Gasteiger partial charge in [-0.1, -0.05) is 17.7 Å². The summed E-state index contributed by atoms with van der Waals surface area (Å²) < 4.78 is 0. The highest BCUT2D eigenvalue weighted by atomic mass is 16.1. The number of amides is 1. The van der Waals surface area contributed by atoms with Gasteiger partial charge < -0.3 is 10.6 Å². The minimum absolute atomic E-state index is 0.0394. The molecule has 1 aromatic carbocycles. The van der Waals surface area contributed by atoms with E-state index in [-0.39, 0.29) is 11.3 Å². The third-order valence-electron chi connectivity index (χ3n) is 3.36. The van der Waals surface area contributed by atoms with Gasteiger partial charge in [0.05, 0.1) is 11.5 Å². The quantitative estimate of drug-likeness (QED) is 0.722. The van der Waals surface area contributed by atoms with E-state index in [0.29, 0.717) is 12.1 Å². The number of nitriles is 1. The first-order chi connectivity index (χ1) is 9.94. The number of nitrogens with zero attached hydrogens (tertiary/aromatic N) is 1. The van der Waals surface area contributed by atoms with Crippen molar-refractivity contribution >= 4 is 5.91 Å². The number of aryl methyl sites for hydroxylation is 1. The number of rotatable bonds is 8. The van der Waals surface area contributed by atoms with Crippen LogP contribution in [-0.4, -0.2) is 25.5 Å². The van der Waals surface area contributed by atoms with Gasteiger partial charge in [0.1, 0.15) is 0 Å². The van der Waals surface area contributed by atoms with Crippen LogP contribution in [0.2, 0.25) is 0 Å². The third kappa shape index (κ3) is 6.92. The fraction of sp³-hybridized carbons (Fsp3) is 0.529. The molecular formula is C17H25N3O. The summed E-state index contributed by atoms with van der Waals surface area (Å²) in [6.45, 7) is 8.12. The van der Waals surface area contributed by atoms with Crippen LogP contribution in [0.15, 0.2) is 24.3 Å². The molecule has 0 aromatic heterocycles. The van der Waals surface area contributed by atoms with Gasteiger partial charge in [-0.2, -0.15) is 5.26 Å². The molecule has 21 heavy (non-hydrogen) atoms. The largest absolute Gasteiger partial charge is 0.351 e. The maximum atomic E-state index is 11.8. The molecule has 0 fully saturated rings. The van der Waals surface area contributed by atoms with Crippen LogP contribution >= 0.6 is 0 Å². The zero-order valence-electron chi connectivity index (χ0n) is 13.2. The second-order valence-electron chi connectivity index (χ2n) is 5.97. The zero-order chi connectivity index (χ0) is 15.7. The van der Waals surface area contributed by atoms with Gasteiger partial charge in [-0.15, -0.1) is 0 Å². The third-order valence-corrected chi connectivity index (χ3v) is 3.36. The van der Waals surface area contributed by atoms with Crippen LogP contribution in [-0.2, 0) is 0 Å². The summed E-state index contributed by atoms with van der Waals surface area (Å²) in [4.78, 5) is 11.8. The molecule has 4 nitrogen and oxygen atoms in total. The molecule has 1 amide bonds. The summed E-state index contributed by atoms with van der Waals surface area (Å²) in [5.41, 5.74) is 1.59. The van der Waals surface area contributed by atoms with Gasteiger partial charge in [0.25, 0.3) is 5.91 Å². The number of carbonyl (C=O) groups is 1. The van der Waals surface area contributed by atoms with Crippen molar-refractivity contribution in [1.82, 2.24) is 10.6 Å². The maximum Gasteiger partial charge on any atom is 0.251 e. The molecule has 4 heteroatoms. The summed E-state index contributed by atoms with van der Waals surface area (Å²) in [6.07, 6.45) is 1.85. The summed E-state index contributed by atoms with van der Waals surface area (Å²) in [7, 11) is 0. The molecular weight excluding hydrogens is 262 g/mol. The van der Waals surface area contributed by atoms with E-state index in [2.05, 4.69) is 16.7 Å². The molecule has 0 saturated carbocycles. The van der Waals surface area contributed by atoms with E-state index in [1.165, 1.54) is 0 Å². The standard InChI is InChI=1S/C17H25N3O/c1-14-5-7-15(8-6-14)16(21)20-12-11-19-10-4-9-17(2,3)13-18/h5-8,19H,4,9-12H2,1-3H3,(H,20,21). The van der Waals surface area contributed by atoms with Gasteiger partial charge in [-0.3, -0.25) is 4.79 Å². The van der Waals surface area contributed by atoms with E-state index in [4.69, 9.17) is 5.26 Å². The summed E-state index contributed by atoms with van der Waals surface area (Å²) in [5, 5.41) is 15.1. The number of hydrogen-bond acceptors (Lipinski definition) is 3. The van der Waals surface area contributed by atoms with Crippen molar-refractivity contribution in [3.63, 3.8) is 0 Å². The lowest BCUT2D eigenvalue weighted by Crippen LogP contribution is -2.32. The van der Waals surface area contributed by atoms with Gasteiger partial charge in [-0.25, -0.2) is 0 Å². The minimum atomic E-state index is -0.249. The SMILES string of the molecule is Cc1ccc(C(=O)NCCNCCCC(C)(C)C#N)cc1. The van der Waals surface area contributed by atoms with Gasteiger partial charge >= 0.3 is 0 Å². The van der Waals surface area contributed by atoms with Crippen LogP contribution in [0, 0.1) is 23.7 Å². The van der Waals surface area contributed by atoms with Crippen molar-refractivity contribution < 1.29 is 4.79 Å². The van der Waals surface area contributed by atoms with Gasteiger partial charge in [0, 0.05) is 18.7 Å². The van der Waals surface area contributed by atoms with Crippen molar-refractivity contribution in [2.24, 2.45) is 5.41 Å². The van der Waals surface area contributed by atoms with Crippen LogP contribution in [0.4, 0.5) is 0 Å². The predicted octanol–water partition coefficient (Wildman–Crippen LogP) is 2.64. The van der Waals surface area contributed by atoms with Crippen LogP contribution in [0.25, 0.3) is 0 Å². The van der Waals surface area contributed by atoms with E-state index in [0.717, 1.165) is 31.5 Å². The Morgan fingerprint density at radius 2 is 1.86 bits per heavy atom. The summed E-state index contributed by atoms with van der Waals surface area (Å²) in [6, 6.07) is 9.84. The first-order valence-corrected chi connectivity index (χ1v) is 7.41. The topological polar surface area (TPSA) is 64.9 Å². The van der Waals surface area contributed by atoms with E-state index < -0.39 is 0 Å². The lowest BCUT2D eigenvalue weighted by molar-refractivity contribution is 0.0954. The highest BCUT2D eigenvalue weighted by Crippen LogP contribution is 2.19. The maximum absolute atomic E-state index is 11.8. The fourth-order valence-electron chi connectivity index (χ4n) is 1.91. The molecule has 2 N–H and O–H groups in total. The molecule has 0 saturated heterocycles. The van der Waals surface area contributed by atoms with Crippen molar-refractivity contribution in [3.8, 4) is 6.07 Å². The molecule has 0 aliphatic rings. The minimum Gasteiger partial charge on any atom is -0.351 e. The normalized spacial score (nSPS) is 11.0. The van der Waals surface area contributed by atoms with Gasteiger partial charge in [-0.05, 0) is 52.3 Å². The number of hydrogen-bond donors (Lipinski definition) is 2. The second kappa shape index (κ2) is 8.43. The highest BCUT2D eigenvalue weighted by molar-refractivity contribution is 5.94. The number of nitrogens with one attached hydrogen (secondary N) is 2. The van der Waals surface area contributed by atoms with Crippen LogP contribution in [0.3, 0.4) is 0 Å². The molecule has 0 radical (unpaired) electrons. The summed E-state index contributed by atoms with van der Waals surface area (Å²) in [5.74, 6) is -0.0394. The molecule has 0 heterocycles. The van der Waals surface area contributed by atoms with E-state index in [9.17, 15) is 4.79 Å². The van der Waals surface area contributed by atoms with E-state index in [1.807, 2.05) is 45.0 Å². The molecule has 1 rings (SSSR count). The Kier molecular flexibility index (Phi) is 6.90. The van der Waals surface area contributed by atoms with Crippen molar-refractivity contribution in [3.05, 3.63) is 35.4 Å². The molecule has 0 aliphatic heterocycles. The zero-order valence-corrected chi connectivity index (χ0v) is 13.2. The summed E-state index contributed by atoms with van der Waals surface area (Å²) >= 11 is 0. The lowest BCUT2D eigenvalue weighted by Gasteiger charge is -2.14. The highest BCUT2D eigenvalue weighted by Gasteiger charge is 2.15. The molecule has 0 aliphatic carbocycles. The molecule has 114 valence electrons. The van der Waals surface area contributed by atoms with E-state index in [1.54, 1.807) is 0 Å². The first kappa shape index (κ1) is 17.2. The molecule has 0 atom stereocenters. The Bertz CT molecular complexity index is 486. The van der Waals surface area contributed by atoms with Crippen molar-refractivity contribution in [2.45, 2.75) is 33.6 Å². The molecule has 0 unspecified atom stereocenters. The molecule has 1 aromatic rings. The van der Waals surface area contributed by atoms with Crippen molar-refractivity contribution in [1.29, 1.82) is 5.26 Å². The average molecular weight is 287 g/mol.